The fraction of sp³-hybridized carbons (Fsp3) is 0.533. The van der Waals surface area contributed by atoms with Crippen molar-refractivity contribution in [2.24, 2.45) is 0 Å². The second-order valence-corrected chi connectivity index (χ2v) is 5.34. The van der Waals surface area contributed by atoms with Crippen LogP contribution in [0.3, 0.4) is 0 Å². The fourth-order valence-electron chi connectivity index (χ4n) is 2.40. The Kier molecular flexibility index (Phi) is 5.14. The number of alkyl halides is 4. The van der Waals surface area contributed by atoms with Gasteiger partial charge in [0.2, 0.25) is 0 Å². The molecule has 1 heterocycles. The Morgan fingerprint density at radius 1 is 1.19 bits per heavy atom. The molecule has 116 valence electrons. The summed E-state index contributed by atoms with van der Waals surface area (Å²) < 4.78 is 40.1. The molecule has 0 amide bonds. The molecule has 2 aromatic rings. The fourth-order valence-corrected chi connectivity index (χ4v) is 2.61. The van der Waals surface area contributed by atoms with Gasteiger partial charge in [0.25, 0.3) is 0 Å². The molecule has 0 atom stereocenters. The summed E-state index contributed by atoms with van der Waals surface area (Å²) >= 11 is 5.87. The van der Waals surface area contributed by atoms with Crippen LogP contribution in [-0.4, -0.2) is 9.55 Å². The number of hydrogen-bond donors (Lipinski definition) is 0. The second-order valence-electron chi connectivity index (χ2n) is 5.08. The Bertz CT molecular complexity index is 605. The van der Waals surface area contributed by atoms with Crippen LogP contribution in [0.15, 0.2) is 18.2 Å². The maximum absolute atomic E-state index is 12.7. The van der Waals surface area contributed by atoms with Gasteiger partial charge in [-0.05, 0) is 24.6 Å². The zero-order valence-electron chi connectivity index (χ0n) is 11.9. The summed E-state index contributed by atoms with van der Waals surface area (Å²) in [6, 6.07) is 3.68. The van der Waals surface area contributed by atoms with E-state index in [9.17, 15) is 13.2 Å². The molecular weight excluding hydrogens is 301 g/mol. The van der Waals surface area contributed by atoms with Crippen LogP contribution in [0.25, 0.3) is 11.0 Å². The molecule has 1 aromatic carbocycles. The lowest BCUT2D eigenvalue weighted by Crippen LogP contribution is -2.05. The molecule has 0 bridgehead atoms. The molecule has 0 aliphatic heterocycles. The maximum atomic E-state index is 12.7. The van der Waals surface area contributed by atoms with Crippen LogP contribution in [0.4, 0.5) is 13.2 Å². The van der Waals surface area contributed by atoms with E-state index in [4.69, 9.17) is 11.6 Å². The van der Waals surface area contributed by atoms with Gasteiger partial charge in [-0.25, -0.2) is 4.98 Å². The van der Waals surface area contributed by atoms with Gasteiger partial charge in [-0.2, -0.15) is 13.2 Å². The summed E-state index contributed by atoms with van der Waals surface area (Å²) in [5.74, 6) is 0.826. The van der Waals surface area contributed by atoms with Crippen LogP contribution in [0.1, 0.15) is 44.0 Å². The number of aryl methyl sites for hydroxylation is 1. The molecule has 0 radical (unpaired) electrons. The number of fused-ring (bicyclic) bond motifs is 1. The number of halogens is 4. The molecule has 0 spiro atoms. The Balaban J connectivity index is 2.31. The highest BCUT2D eigenvalue weighted by atomic mass is 35.5. The van der Waals surface area contributed by atoms with Crippen LogP contribution in [0, 0.1) is 0 Å². The molecule has 2 rings (SSSR count). The standard InChI is InChI=1S/C15H18ClF3N2/c1-2-3-4-5-8-21-13-7-6-11(15(17,18)19)9-12(13)20-14(21)10-16/h6-7,9H,2-5,8,10H2,1H3. The minimum absolute atomic E-state index is 0.198. The monoisotopic (exact) mass is 318 g/mol. The van der Waals surface area contributed by atoms with Crippen LogP contribution in [0.2, 0.25) is 0 Å². The van der Waals surface area contributed by atoms with Crippen molar-refractivity contribution in [1.82, 2.24) is 9.55 Å². The first kappa shape index (κ1) is 16.1. The highest BCUT2D eigenvalue weighted by molar-refractivity contribution is 6.16. The normalized spacial score (nSPS) is 12.2. The van der Waals surface area contributed by atoms with Crippen molar-refractivity contribution in [3.8, 4) is 0 Å². The van der Waals surface area contributed by atoms with Crippen molar-refractivity contribution < 1.29 is 13.2 Å². The van der Waals surface area contributed by atoms with E-state index in [1.165, 1.54) is 6.07 Å². The van der Waals surface area contributed by atoms with E-state index in [0.29, 0.717) is 11.3 Å². The van der Waals surface area contributed by atoms with Crippen LogP contribution in [0.5, 0.6) is 0 Å². The highest BCUT2D eigenvalue weighted by Crippen LogP contribution is 2.31. The van der Waals surface area contributed by atoms with E-state index in [1.54, 1.807) is 0 Å². The van der Waals surface area contributed by atoms with Gasteiger partial charge < -0.3 is 4.57 Å². The summed E-state index contributed by atoms with van der Waals surface area (Å²) in [4.78, 5) is 4.24. The molecule has 2 nitrogen and oxygen atoms in total. The van der Waals surface area contributed by atoms with E-state index >= 15 is 0 Å². The topological polar surface area (TPSA) is 17.8 Å². The van der Waals surface area contributed by atoms with Gasteiger partial charge in [-0.15, -0.1) is 11.6 Å². The first-order chi connectivity index (χ1) is 9.97. The molecule has 21 heavy (non-hydrogen) atoms. The molecule has 0 fully saturated rings. The van der Waals surface area contributed by atoms with E-state index in [2.05, 4.69) is 11.9 Å². The SMILES string of the molecule is CCCCCCn1c(CCl)nc2cc(C(F)(F)F)ccc21. The van der Waals surface area contributed by atoms with Gasteiger partial charge in [0.15, 0.2) is 0 Å². The zero-order valence-corrected chi connectivity index (χ0v) is 12.6. The van der Waals surface area contributed by atoms with Gasteiger partial charge >= 0.3 is 6.18 Å². The van der Waals surface area contributed by atoms with Gasteiger partial charge in [-0.1, -0.05) is 26.2 Å². The number of imidazole rings is 1. The summed E-state index contributed by atoms with van der Waals surface area (Å²) in [6.45, 7) is 2.87. The maximum Gasteiger partial charge on any atom is 0.416 e. The van der Waals surface area contributed by atoms with Crippen molar-refractivity contribution >= 4 is 22.6 Å². The van der Waals surface area contributed by atoms with Crippen molar-refractivity contribution in [2.75, 3.05) is 0 Å². The smallest absolute Gasteiger partial charge is 0.327 e. The van der Waals surface area contributed by atoms with Crippen molar-refractivity contribution in [2.45, 2.75) is 51.2 Å². The molecule has 0 unspecified atom stereocenters. The Morgan fingerprint density at radius 2 is 1.95 bits per heavy atom. The molecule has 6 heteroatoms. The van der Waals surface area contributed by atoms with E-state index < -0.39 is 11.7 Å². The number of aromatic nitrogens is 2. The minimum atomic E-state index is -4.35. The quantitative estimate of drug-likeness (QED) is 0.517. The summed E-state index contributed by atoms with van der Waals surface area (Å²) in [6.07, 6.45) is 0.0199. The average Bonchev–Trinajstić information content (AvgIpc) is 2.79. The van der Waals surface area contributed by atoms with Gasteiger partial charge in [0.05, 0.1) is 22.5 Å². The lowest BCUT2D eigenvalue weighted by Gasteiger charge is -2.09. The highest BCUT2D eigenvalue weighted by Gasteiger charge is 2.31. The van der Waals surface area contributed by atoms with Crippen LogP contribution >= 0.6 is 11.6 Å². The minimum Gasteiger partial charge on any atom is -0.327 e. The Labute approximate surface area is 126 Å². The summed E-state index contributed by atoms with van der Waals surface area (Å²) in [7, 11) is 0. The average molecular weight is 319 g/mol. The Hall–Kier alpha value is -1.23. The third-order valence-electron chi connectivity index (χ3n) is 3.51. The van der Waals surface area contributed by atoms with Crippen molar-refractivity contribution in [1.29, 1.82) is 0 Å². The summed E-state index contributed by atoms with van der Waals surface area (Å²) in [5, 5.41) is 0. The Morgan fingerprint density at radius 3 is 2.57 bits per heavy atom. The predicted octanol–water partition coefficient (Wildman–Crippen LogP) is 5.37. The first-order valence-corrected chi connectivity index (χ1v) is 7.63. The molecular formula is C15H18ClF3N2. The zero-order chi connectivity index (χ0) is 15.5. The first-order valence-electron chi connectivity index (χ1n) is 7.09. The van der Waals surface area contributed by atoms with Gasteiger partial charge in [0.1, 0.15) is 5.82 Å². The lowest BCUT2D eigenvalue weighted by atomic mass is 10.2. The number of nitrogens with zero attached hydrogens (tertiary/aromatic N) is 2. The number of rotatable bonds is 6. The number of benzene rings is 1. The molecule has 0 aliphatic rings. The lowest BCUT2D eigenvalue weighted by molar-refractivity contribution is -0.137. The molecule has 0 aliphatic carbocycles. The predicted molar refractivity (Wildman–Crippen MR) is 78.4 cm³/mol. The van der Waals surface area contributed by atoms with E-state index in [1.807, 2.05) is 4.57 Å². The largest absolute Gasteiger partial charge is 0.416 e. The van der Waals surface area contributed by atoms with Gasteiger partial charge in [0, 0.05) is 6.54 Å². The number of hydrogen-bond acceptors (Lipinski definition) is 1. The molecule has 1 aromatic heterocycles. The van der Waals surface area contributed by atoms with E-state index in [-0.39, 0.29) is 5.88 Å². The third-order valence-corrected chi connectivity index (χ3v) is 3.75. The summed E-state index contributed by atoms with van der Waals surface area (Å²) in [5.41, 5.74) is 0.401. The van der Waals surface area contributed by atoms with Crippen LogP contribution in [-0.2, 0) is 18.6 Å². The molecule has 0 N–H and O–H groups in total. The van der Waals surface area contributed by atoms with Crippen LogP contribution < -0.4 is 0 Å². The van der Waals surface area contributed by atoms with E-state index in [0.717, 1.165) is 49.9 Å². The third kappa shape index (κ3) is 3.70. The second kappa shape index (κ2) is 6.69. The van der Waals surface area contributed by atoms with Crippen molar-refractivity contribution in [3.63, 3.8) is 0 Å². The van der Waals surface area contributed by atoms with Crippen molar-refractivity contribution in [3.05, 3.63) is 29.6 Å². The van der Waals surface area contributed by atoms with Gasteiger partial charge in [-0.3, -0.25) is 0 Å². The molecule has 0 saturated carbocycles. The number of unbranched alkanes of at least 4 members (excludes halogenated alkanes) is 3. The molecule has 0 saturated heterocycles.